The van der Waals surface area contributed by atoms with Crippen LogP contribution in [0.5, 0.6) is 0 Å². The second kappa shape index (κ2) is 9.14. The second-order valence-electron chi connectivity index (χ2n) is 0.730. The molecule has 0 spiro atoms. The van der Waals surface area contributed by atoms with E-state index in [1.165, 1.54) is 0 Å². The Morgan fingerprint density at radius 2 is 2.33 bits per heavy atom. The molecule has 0 amide bonds. The van der Waals surface area contributed by atoms with E-state index in [0.717, 1.165) is 6.42 Å². The minimum absolute atomic E-state index is 0. The van der Waals surface area contributed by atoms with Crippen LogP contribution in [-0.2, 0) is 26.2 Å². The first-order valence-corrected chi connectivity index (χ1v) is 2.59. The first kappa shape index (κ1) is 9.78. The molecule has 0 heterocycles. The van der Waals surface area contributed by atoms with Gasteiger partial charge in [0, 0.05) is 21.7 Å². The van der Waals surface area contributed by atoms with Crippen molar-refractivity contribution in [2.75, 3.05) is 0 Å². The summed E-state index contributed by atoms with van der Waals surface area (Å²) >= 11 is 0. The minimum atomic E-state index is -0.217. The zero-order valence-electron chi connectivity index (χ0n) is 3.69. The Morgan fingerprint density at radius 3 is 2.33 bits per heavy atom. The Morgan fingerprint density at radius 1 is 1.83 bits per heavy atom. The van der Waals surface area contributed by atoms with Gasteiger partial charge in [-0.25, -0.2) is 0 Å². The summed E-state index contributed by atoms with van der Waals surface area (Å²) in [5.41, 5.74) is 1.72. The largest absolute Gasteiger partial charge is 0.326 e. The molecule has 0 aliphatic rings. The van der Waals surface area contributed by atoms with Gasteiger partial charge in [-0.05, 0) is 12.1 Å². The molecule has 0 fully saturated rings. The van der Waals surface area contributed by atoms with Crippen LogP contribution in [0.15, 0.2) is 0 Å². The first-order valence-electron chi connectivity index (χ1n) is 1.61. The van der Waals surface area contributed by atoms with Gasteiger partial charge in [-0.15, -0.1) is 0 Å². The van der Waals surface area contributed by atoms with Crippen molar-refractivity contribution in [2.24, 2.45) is 0 Å². The molecule has 0 aliphatic carbocycles. The van der Waals surface area contributed by atoms with Crippen LogP contribution in [-0.4, -0.2) is 14.7 Å². The molecule has 0 rings (SSSR count). The van der Waals surface area contributed by atoms with Gasteiger partial charge in [0.05, 0.1) is 0 Å². The summed E-state index contributed by atoms with van der Waals surface area (Å²) in [6.45, 7) is 1.96. The number of hydrogen-bond donors (Lipinski definition) is 0. The number of hydrogen-bond acceptors (Lipinski definition) is 1. The summed E-state index contributed by atoms with van der Waals surface area (Å²) in [4.78, 5) is 0. The van der Waals surface area contributed by atoms with Crippen molar-refractivity contribution in [3.05, 3.63) is 0 Å². The van der Waals surface area contributed by atoms with Crippen LogP contribution < -0.4 is 0 Å². The Balaban J connectivity index is 0. The smallest absolute Gasteiger partial charge is 0.256 e. The predicted molar refractivity (Wildman–Crippen MR) is 22.8 cm³/mol. The quantitative estimate of drug-likeness (QED) is 0.469. The average Bonchev–Trinajstić information content (AvgIpc) is 1.41. The van der Waals surface area contributed by atoms with E-state index in [2.05, 4.69) is 0 Å². The van der Waals surface area contributed by atoms with Gasteiger partial charge in [0.2, 0.25) is 0 Å². The molecule has 3 heteroatoms. The van der Waals surface area contributed by atoms with E-state index >= 15 is 0 Å². The fraction of sp³-hybridized carbons (Fsp3) is 0.667. The fourth-order valence-electron chi connectivity index (χ4n) is 0.0833. The maximum atomic E-state index is 9.50. The van der Waals surface area contributed by atoms with Gasteiger partial charge in [0.1, 0.15) is 0 Å². The third-order valence-corrected chi connectivity index (χ3v) is 0.862. The SMILES string of the molecule is CCC=[Si]=O.[Ti]. The van der Waals surface area contributed by atoms with Crippen molar-refractivity contribution in [3.8, 4) is 0 Å². The molecule has 6 heavy (non-hydrogen) atoms. The molecule has 0 unspecified atom stereocenters. The van der Waals surface area contributed by atoms with Crippen molar-refractivity contribution in [3.63, 3.8) is 0 Å². The average molecular weight is 134 g/mol. The van der Waals surface area contributed by atoms with Gasteiger partial charge in [-0.2, -0.15) is 0 Å². The van der Waals surface area contributed by atoms with Crippen LogP contribution in [0.3, 0.4) is 0 Å². The van der Waals surface area contributed by atoms with Crippen molar-refractivity contribution >= 4 is 14.7 Å². The van der Waals surface area contributed by atoms with Gasteiger partial charge in [-0.1, -0.05) is 6.92 Å². The van der Waals surface area contributed by atoms with Crippen molar-refractivity contribution < 1.29 is 26.2 Å². The third kappa shape index (κ3) is 8.82. The zero-order chi connectivity index (χ0) is 4.12. The van der Waals surface area contributed by atoms with Crippen LogP contribution >= 0.6 is 0 Å². The molecule has 1 nitrogen and oxygen atoms in total. The maximum Gasteiger partial charge on any atom is 0.256 e. The van der Waals surface area contributed by atoms with Crippen molar-refractivity contribution in [2.45, 2.75) is 13.3 Å². The van der Waals surface area contributed by atoms with Gasteiger partial charge >= 0.3 is 0 Å². The first-order chi connectivity index (χ1) is 2.41. The van der Waals surface area contributed by atoms with Gasteiger partial charge in [0.15, 0.2) is 0 Å². The standard InChI is InChI=1S/C3H6OSi.Ti/c1-2-3-5-4;/h3H,2H2,1H3;. The Kier molecular flexibility index (Phi) is 14.9. The fourth-order valence-corrected chi connectivity index (χ4v) is 0.250. The van der Waals surface area contributed by atoms with E-state index in [1.54, 1.807) is 5.67 Å². The maximum absolute atomic E-state index is 9.50. The van der Waals surface area contributed by atoms with E-state index in [-0.39, 0.29) is 30.7 Å². The van der Waals surface area contributed by atoms with Crippen molar-refractivity contribution in [1.29, 1.82) is 0 Å². The molecule has 0 aromatic rings. The molecule has 0 radical (unpaired) electrons. The summed E-state index contributed by atoms with van der Waals surface area (Å²) in [7, 11) is -0.217. The van der Waals surface area contributed by atoms with E-state index in [9.17, 15) is 4.46 Å². The third-order valence-electron chi connectivity index (χ3n) is 0.287. The van der Waals surface area contributed by atoms with Crippen LogP contribution in [0.1, 0.15) is 13.3 Å². The summed E-state index contributed by atoms with van der Waals surface area (Å²) < 4.78 is 9.50. The van der Waals surface area contributed by atoms with E-state index in [1.807, 2.05) is 6.92 Å². The van der Waals surface area contributed by atoms with E-state index in [0.29, 0.717) is 0 Å². The van der Waals surface area contributed by atoms with Gasteiger partial charge in [0.25, 0.3) is 9.02 Å². The Bertz CT molecular complexity index is 57.8. The molecule has 0 saturated heterocycles. The summed E-state index contributed by atoms with van der Waals surface area (Å²) in [6, 6.07) is 0. The summed E-state index contributed by atoms with van der Waals surface area (Å²) in [6.07, 6.45) is 0.919. The minimum Gasteiger partial charge on any atom is -0.326 e. The topological polar surface area (TPSA) is 17.1 Å². The van der Waals surface area contributed by atoms with E-state index < -0.39 is 0 Å². The van der Waals surface area contributed by atoms with Crippen LogP contribution in [0.4, 0.5) is 0 Å². The zero-order valence-corrected chi connectivity index (χ0v) is 6.25. The van der Waals surface area contributed by atoms with Crippen molar-refractivity contribution in [1.82, 2.24) is 0 Å². The Labute approximate surface area is 54.5 Å². The van der Waals surface area contributed by atoms with Crippen LogP contribution in [0.25, 0.3) is 0 Å². The van der Waals surface area contributed by atoms with E-state index in [4.69, 9.17) is 0 Å². The summed E-state index contributed by atoms with van der Waals surface area (Å²) in [5, 5.41) is 0. The molecule has 0 saturated carbocycles. The van der Waals surface area contributed by atoms with Gasteiger partial charge in [-0.3, -0.25) is 0 Å². The predicted octanol–water partition coefficient (Wildman–Crippen LogP) is 0.246. The van der Waals surface area contributed by atoms with Crippen LogP contribution in [0, 0.1) is 0 Å². The molecule has 32 valence electrons. The molecule has 0 atom stereocenters. The molecule has 0 N–H and O–H groups in total. The van der Waals surface area contributed by atoms with Gasteiger partial charge < -0.3 is 4.46 Å². The second-order valence-corrected chi connectivity index (χ2v) is 1.37. The normalized spacial score (nSPS) is 4.83. The molecular formula is C3H6OSiTi. The molecular weight excluding hydrogens is 128 g/mol. The molecule has 0 aromatic carbocycles. The monoisotopic (exact) mass is 134 g/mol. The summed E-state index contributed by atoms with van der Waals surface area (Å²) in [5.74, 6) is 0. The van der Waals surface area contributed by atoms with Crippen LogP contribution in [0.2, 0.25) is 0 Å². The number of rotatable bonds is 1. The molecule has 0 bridgehead atoms. The molecule has 0 aromatic heterocycles. The Hall–Kier alpha value is 0.601. The molecule has 0 aliphatic heterocycles.